The van der Waals surface area contributed by atoms with Crippen LogP contribution in [0.5, 0.6) is 5.75 Å². The van der Waals surface area contributed by atoms with E-state index in [0.29, 0.717) is 5.56 Å². The van der Waals surface area contributed by atoms with Gasteiger partial charge in [0.15, 0.2) is 0 Å². The van der Waals surface area contributed by atoms with Crippen LogP contribution in [0, 0.1) is 14.4 Å². The zero-order valence-electron chi connectivity index (χ0n) is 14.3. The molecule has 0 atom stereocenters. The molecule has 0 spiro atoms. The van der Waals surface area contributed by atoms with E-state index in [1.165, 1.54) is 10.9 Å². The fourth-order valence-corrected chi connectivity index (χ4v) is 1.93. The number of aromatic hydroxyl groups is 1. The maximum Gasteiger partial charge on any atom is 0.278 e. The second kappa shape index (κ2) is 10.7. The predicted octanol–water partition coefficient (Wildman–Crippen LogP) is 3.98. The maximum atomic E-state index is 12.3. The van der Waals surface area contributed by atoms with Gasteiger partial charge in [0.2, 0.25) is 0 Å². The number of benzene rings is 1. The molecular formula is C17H25N2O2Y-. The van der Waals surface area contributed by atoms with Crippen molar-refractivity contribution < 1.29 is 37.8 Å². The van der Waals surface area contributed by atoms with Crippen molar-refractivity contribution in [2.45, 2.75) is 40.7 Å². The van der Waals surface area contributed by atoms with Gasteiger partial charge in [-0.2, -0.15) is 5.10 Å². The van der Waals surface area contributed by atoms with E-state index < -0.39 is 0 Å². The first-order valence-electron chi connectivity index (χ1n) is 6.89. The van der Waals surface area contributed by atoms with Crippen LogP contribution < -0.4 is 5.56 Å². The van der Waals surface area contributed by atoms with Gasteiger partial charge in [-0.1, -0.05) is 38.1 Å². The zero-order chi connectivity index (χ0) is 15.3. The van der Waals surface area contributed by atoms with Gasteiger partial charge < -0.3 is 12.5 Å². The second-order valence-corrected chi connectivity index (χ2v) is 4.56. The molecule has 119 valence electrons. The molecule has 0 unspecified atom stereocenters. The molecule has 0 aliphatic heterocycles. The Hall–Kier alpha value is -0.996. The van der Waals surface area contributed by atoms with Crippen LogP contribution in [0.3, 0.4) is 0 Å². The Morgan fingerprint density at radius 1 is 1.18 bits per heavy atom. The first kappa shape index (κ1) is 23.3. The third-order valence-electron chi connectivity index (χ3n) is 2.89. The van der Waals surface area contributed by atoms with Gasteiger partial charge in [0, 0.05) is 32.7 Å². The van der Waals surface area contributed by atoms with E-state index in [4.69, 9.17) is 0 Å². The molecule has 1 radical (unpaired) electrons. The molecule has 1 heterocycles. The van der Waals surface area contributed by atoms with Crippen molar-refractivity contribution in [2.75, 3.05) is 0 Å². The number of aromatic nitrogens is 2. The van der Waals surface area contributed by atoms with Crippen molar-refractivity contribution >= 4 is 0 Å². The zero-order valence-corrected chi connectivity index (χ0v) is 17.1. The molecule has 0 aliphatic carbocycles. The summed E-state index contributed by atoms with van der Waals surface area (Å²) in [6.07, 6.45) is 1.32. The average molecular weight is 378 g/mol. The maximum absolute atomic E-state index is 12.3. The normalized spacial score (nSPS) is 9.18. The summed E-state index contributed by atoms with van der Waals surface area (Å²) in [6, 6.07) is 7.45. The Balaban J connectivity index is 0. The van der Waals surface area contributed by atoms with Crippen LogP contribution in [0.4, 0.5) is 0 Å². The third kappa shape index (κ3) is 5.03. The number of nitrogens with zero attached hydrogens (tertiary/aromatic N) is 2. The summed E-state index contributed by atoms with van der Waals surface area (Å²) in [6.45, 7) is 9.68. The van der Waals surface area contributed by atoms with Crippen LogP contribution >= 0.6 is 0 Å². The smallest absolute Gasteiger partial charge is 0.278 e. The molecule has 0 fully saturated rings. The van der Waals surface area contributed by atoms with E-state index in [2.05, 4.69) is 5.10 Å². The Kier molecular flexibility index (Phi) is 11.3. The van der Waals surface area contributed by atoms with E-state index in [1.54, 1.807) is 0 Å². The minimum absolute atomic E-state index is 0. The molecule has 5 heteroatoms. The van der Waals surface area contributed by atoms with Gasteiger partial charge in [-0.15, -0.1) is 0 Å². The van der Waals surface area contributed by atoms with Crippen LogP contribution in [0.25, 0.3) is 11.1 Å². The molecular weight excluding hydrogens is 353 g/mol. The van der Waals surface area contributed by atoms with E-state index in [-0.39, 0.29) is 57.5 Å². The van der Waals surface area contributed by atoms with Crippen LogP contribution in [0.1, 0.15) is 39.3 Å². The van der Waals surface area contributed by atoms with E-state index in [9.17, 15) is 9.90 Å². The third-order valence-corrected chi connectivity index (χ3v) is 2.89. The second-order valence-electron chi connectivity index (χ2n) is 4.56. The monoisotopic (exact) mass is 378 g/mol. The van der Waals surface area contributed by atoms with Crippen molar-refractivity contribution in [2.24, 2.45) is 0 Å². The van der Waals surface area contributed by atoms with Gasteiger partial charge in [0.25, 0.3) is 5.56 Å². The number of aryl methyl sites for hydroxylation is 1. The summed E-state index contributed by atoms with van der Waals surface area (Å²) in [5.74, 6) is -0.0776. The molecule has 2 rings (SSSR count). The van der Waals surface area contributed by atoms with Gasteiger partial charge in [0.1, 0.15) is 5.75 Å². The molecule has 1 aromatic carbocycles. The summed E-state index contributed by atoms with van der Waals surface area (Å²) in [7, 11) is 0. The summed E-state index contributed by atoms with van der Waals surface area (Å²) in [5.41, 5.74) is 1.75. The van der Waals surface area contributed by atoms with Crippen LogP contribution in [-0.2, 0) is 32.7 Å². The number of hydrogen-bond donors (Lipinski definition) is 1. The number of rotatable bonds is 2. The SMILES string of the molecule is CC.Cc1ccccc1-c1c(O)cnn(C(C)C)c1=O.[CH3-].[Y]. The van der Waals surface area contributed by atoms with Crippen LogP contribution in [0.2, 0.25) is 0 Å². The fourth-order valence-electron chi connectivity index (χ4n) is 1.93. The Morgan fingerprint density at radius 2 is 1.73 bits per heavy atom. The molecule has 1 N–H and O–H groups in total. The van der Waals surface area contributed by atoms with Crippen molar-refractivity contribution in [3.05, 3.63) is 53.8 Å². The Morgan fingerprint density at radius 3 is 2.23 bits per heavy atom. The van der Waals surface area contributed by atoms with Crippen LogP contribution in [0.15, 0.2) is 35.3 Å². The average Bonchev–Trinajstić information content (AvgIpc) is 2.42. The van der Waals surface area contributed by atoms with Crippen molar-refractivity contribution in [3.63, 3.8) is 0 Å². The molecule has 1 aromatic heterocycles. The Labute approximate surface area is 158 Å². The standard InChI is InChI=1S/C14H16N2O2.C2H6.CH3.Y/c1-9(2)16-14(18)13(12(17)8-15-16)11-7-5-4-6-10(11)3;1-2;;/h4-9,17H,1-3H3;1-2H3;1H3;/q;;-1;. The van der Waals surface area contributed by atoms with E-state index in [1.807, 2.05) is 58.9 Å². The number of hydrogen-bond acceptors (Lipinski definition) is 3. The largest absolute Gasteiger partial charge is 0.505 e. The van der Waals surface area contributed by atoms with Crippen molar-refractivity contribution in [1.82, 2.24) is 9.78 Å². The molecule has 0 bridgehead atoms. The minimum atomic E-state index is -0.265. The topological polar surface area (TPSA) is 55.1 Å². The summed E-state index contributed by atoms with van der Waals surface area (Å²) in [4.78, 5) is 12.3. The summed E-state index contributed by atoms with van der Waals surface area (Å²) < 4.78 is 1.38. The van der Waals surface area contributed by atoms with Gasteiger partial charge in [0.05, 0.1) is 17.8 Å². The molecule has 0 saturated heterocycles. The van der Waals surface area contributed by atoms with Gasteiger partial charge in [-0.3, -0.25) is 4.79 Å². The van der Waals surface area contributed by atoms with Gasteiger partial charge >= 0.3 is 0 Å². The summed E-state index contributed by atoms with van der Waals surface area (Å²) >= 11 is 0. The molecule has 22 heavy (non-hydrogen) atoms. The molecule has 0 amide bonds. The van der Waals surface area contributed by atoms with Gasteiger partial charge in [-0.25, -0.2) is 4.68 Å². The first-order chi connectivity index (χ1) is 9.52. The van der Waals surface area contributed by atoms with E-state index in [0.717, 1.165) is 11.1 Å². The van der Waals surface area contributed by atoms with Crippen LogP contribution in [-0.4, -0.2) is 14.9 Å². The molecule has 0 saturated carbocycles. The van der Waals surface area contributed by atoms with Gasteiger partial charge in [-0.05, 0) is 31.9 Å². The quantitative estimate of drug-likeness (QED) is 0.805. The van der Waals surface area contributed by atoms with Crippen molar-refractivity contribution in [1.29, 1.82) is 0 Å². The van der Waals surface area contributed by atoms with Crippen molar-refractivity contribution in [3.8, 4) is 16.9 Å². The predicted molar refractivity (Wildman–Crippen MR) is 88.5 cm³/mol. The first-order valence-corrected chi connectivity index (χ1v) is 6.89. The van der Waals surface area contributed by atoms with E-state index >= 15 is 0 Å². The molecule has 4 nitrogen and oxygen atoms in total. The fraction of sp³-hybridized carbons (Fsp3) is 0.353. The molecule has 2 aromatic rings. The molecule has 0 aliphatic rings. The Bertz CT molecular complexity index is 637. The minimum Gasteiger partial charge on any atom is -0.505 e. The summed E-state index contributed by atoms with van der Waals surface area (Å²) in [5, 5.41) is 13.8.